The fourth-order valence-electron chi connectivity index (χ4n) is 6.08. The van der Waals surface area contributed by atoms with E-state index in [1.165, 1.54) is 4.90 Å². The maximum Gasteiger partial charge on any atom is 0.320 e. The summed E-state index contributed by atoms with van der Waals surface area (Å²) in [5.74, 6) is 0.966. The van der Waals surface area contributed by atoms with Crippen molar-refractivity contribution in [1.82, 2.24) is 29.2 Å². The molecule has 2 N–H and O–H groups in total. The van der Waals surface area contributed by atoms with Gasteiger partial charge in [0.15, 0.2) is 5.65 Å². The van der Waals surface area contributed by atoms with Gasteiger partial charge in [0, 0.05) is 63.7 Å². The minimum atomic E-state index is -0.177. The molecule has 0 saturated carbocycles. The van der Waals surface area contributed by atoms with Crippen molar-refractivity contribution in [1.29, 1.82) is 5.26 Å². The molecule has 12 nitrogen and oxygen atoms in total. The van der Waals surface area contributed by atoms with Crippen molar-refractivity contribution in [3.05, 3.63) is 41.1 Å². The molecule has 2 aliphatic rings. The largest absolute Gasteiger partial charge is 0.496 e. The van der Waals surface area contributed by atoms with Crippen LogP contribution in [0, 0.1) is 23.2 Å². The number of nitriles is 1. The molecule has 2 amide bonds. The van der Waals surface area contributed by atoms with Crippen LogP contribution in [0.15, 0.2) is 24.3 Å². The maximum atomic E-state index is 12.6. The van der Waals surface area contributed by atoms with Crippen molar-refractivity contribution in [3.8, 4) is 17.8 Å². The number of amides is 2. The van der Waals surface area contributed by atoms with E-state index in [9.17, 15) is 14.9 Å². The number of carbonyl (C=O) groups excluding carboxylic acids is 2. The van der Waals surface area contributed by atoms with E-state index < -0.39 is 0 Å². The predicted octanol–water partition coefficient (Wildman–Crippen LogP) is 3.27. The molecule has 1 aromatic carbocycles. The lowest BCUT2D eigenvalue weighted by Crippen LogP contribution is -2.48. The highest BCUT2D eigenvalue weighted by atomic mass is 16.5. The molecule has 3 aromatic rings. The van der Waals surface area contributed by atoms with Gasteiger partial charge in [0.1, 0.15) is 23.3 Å². The average molecular weight is 617 g/mol. The lowest BCUT2D eigenvalue weighted by Gasteiger charge is -2.35. The van der Waals surface area contributed by atoms with Crippen LogP contribution in [0.25, 0.3) is 11.0 Å². The predicted molar refractivity (Wildman–Crippen MR) is 171 cm³/mol. The number of likely N-dealkylation sites (tertiary alicyclic amines) is 1. The number of carbonyl (C=O) groups is 2. The number of hydrogen-bond acceptors (Lipinski definition) is 10. The first-order valence-corrected chi connectivity index (χ1v) is 15.9. The monoisotopic (exact) mass is 616 g/mol. The number of fused-ring (bicyclic) bond motifs is 1. The summed E-state index contributed by atoms with van der Waals surface area (Å²) < 4.78 is 13.3. The average Bonchev–Trinajstić information content (AvgIpc) is 3.53. The molecular weight excluding hydrogens is 572 g/mol. The van der Waals surface area contributed by atoms with Gasteiger partial charge in [-0.1, -0.05) is 39.3 Å². The van der Waals surface area contributed by atoms with Crippen LogP contribution >= 0.6 is 0 Å². The molecule has 2 aliphatic heterocycles. The number of rotatable bonds is 13. The van der Waals surface area contributed by atoms with Crippen molar-refractivity contribution < 1.29 is 19.1 Å². The molecule has 1 atom stereocenters. The first-order chi connectivity index (χ1) is 21.7. The Morgan fingerprint density at radius 2 is 1.82 bits per heavy atom. The fraction of sp³-hybridized carbons (Fsp3) is 0.545. The first kappa shape index (κ1) is 32.2. The summed E-state index contributed by atoms with van der Waals surface area (Å²) in [4.78, 5) is 40.1. The number of ether oxygens (including phenoxy) is 2. The van der Waals surface area contributed by atoms with Crippen LogP contribution < -0.4 is 15.2 Å². The van der Waals surface area contributed by atoms with E-state index in [0.717, 1.165) is 62.4 Å². The Bertz CT molecular complexity index is 1570. The second-order valence-corrected chi connectivity index (χ2v) is 12.3. The fourth-order valence-corrected chi connectivity index (χ4v) is 6.08. The molecule has 1 unspecified atom stereocenters. The molecule has 2 saturated heterocycles. The molecule has 12 heteroatoms. The van der Waals surface area contributed by atoms with Gasteiger partial charge in [0.05, 0.1) is 25.6 Å². The minimum Gasteiger partial charge on any atom is -0.496 e. The number of imide groups is 1. The number of nitrogen functional groups attached to an aromatic ring is 1. The van der Waals surface area contributed by atoms with Crippen LogP contribution in [0.5, 0.6) is 11.8 Å². The summed E-state index contributed by atoms with van der Waals surface area (Å²) in [6.07, 6.45) is 2.21. The third-order valence-electron chi connectivity index (χ3n) is 8.88. The molecule has 2 aromatic heterocycles. The number of unbranched alkanes of at least 4 members (excludes halogenated alkanes) is 1. The zero-order valence-corrected chi connectivity index (χ0v) is 26.8. The normalized spacial score (nSPS) is 17.9. The number of nitrogens with zero attached hydrogens (tertiary/aromatic N) is 7. The molecule has 0 spiro atoms. The van der Waals surface area contributed by atoms with Crippen LogP contribution in [-0.4, -0.2) is 94.0 Å². The van der Waals surface area contributed by atoms with E-state index >= 15 is 0 Å². The van der Waals surface area contributed by atoms with Gasteiger partial charge in [-0.3, -0.25) is 24.3 Å². The van der Waals surface area contributed by atoms with Crippen molar-refractivity contribution in [2.24, 2.45) is 11.8 Å². The van der Waals surface area contributed by atoms with E-state index in [-0.39, 0.29) is 35.5 Å². The molecule has 45 heavy (non-hydrogen) atoms. The maximum absolute atomic E-state index is 12.6. The lowest BCUT2D eigenvalue weighted by atomic mass is 9.94. The summed E-state index contributed by atoms with van der Waals surface area (Å²) in [5, 5.41) is 10.5. The van der Waals surface area contributed by atoms with Gasteiger partial charge in [-0.15, -0.1) is 0 Å². The molecule has 0 radical (unpaired) electrons. The number of nitrogens with two attached hydrogens (primary N) is 1. The van der Waals surface area contributed by atoms with Gasteiger partial charge in [-0.2, -0.15) is 15.2 Å². The number of benzene rings is 1. The van der Waals surface area contributed by atoms with Gasteiger partial charge in [-0.25, -0.2) is 0 Å². The standard InChI is InChI=1S/C33H44N8O4/c1-5-6-15-45-33-36-30(35)27-17-25(19-34)41(31(27)37-33)21-24-8-7-23(16-28(24)44-4)20-39-11-9-38(10-12-39)13-14-40-29(42)18-26(22(2)3)32(40)43/h7-8,16-17,22,26H,5-6,9-15,18,20-21H2,1-4H3,(H2,35,36,37). The van der Waals surface area contributed by atoms with Gasteiger partial charge >= 0.3 is 6.01 Å². The second kappa shape index (κ2) is 14.3. The van der Waals surface area contributed by atoms with E-state index in [4.69, 9.17) is 15.2 Å². The van der Waals surface area contributed by atoms with Crippen molar-refractivity contribution in [2.75, 3.05) is 58.7 Å². The van der Waals surface area contributed by atoms with Crippen molar-refractivity contribution in [3.63, 3.8) is 0 Å². The zero-order chi connectivity index (χ0) is 32.1. The van der Waals surface area contributed by atoms with Crippen molar-refractivity contribution in [2.45, 2.75) is 53.1 Å². The minimum absolute atomic E-state index is 0.0154. The Hall–Kier alpha value is -4.21. The molecular formula is C33H44N8O4. The van der Waals surface area contributed by atoms with E-state index in [1.54, 1.807) is 13.2 Å². The smallest absolute Gasteiger partial charge is 0.320 e. The lowest BCUT2D eigenvalue weighted by molar-refractivity contribution is -0.140. The highest BCUT2D eigenvalue weighted by Crippen LogP contribution is 2.29. The van der Waals surface area contributed by atoms with E-state index in [0.29, 0.717) is 49.4 Å². The summed E-state index contributed by atoms with van der Waals surface area (Å²) in [6, 6.07) is 10.4. The molecule has 5 rings (SSSR count). The Morgan fingerprint density at radius 1 is 1.07 bits per heavy atom. The van der Waals surface area contributed by atoms with Crippen LogP contribution in [-0.2, 0) is 22.7 Å². The second-order valence-electron chi connectivity index (χ2n) is 12.3. The third kappa shape index (κ3) is 7.21. The SMILES string of the molecule is CCCCOc1nc(N)c2cc(C#N)n(Cc3ccc(CN4CCN(CCN5C(=O)CC(C(C)C)C5=O)CC4)cc3OC)c2n1. The summed E-state index contributed by atoms with van der Waals surface area (Å²) in [5.41, 5.74) is 9.24. The Labute approximate surface area is 264 Å². The van der Waals surface area contributed by atoms with Gasteiger partial charge in [-0.05, 0) is 30.0 Å². The van der Waals surface area contributed by atoms with Gasteiger partial charge in [0.2, 0.25) is 11.8 Å². The van der Waals surface area contributed by atoms with Gasteiger partial charge < -0.3 is 19.8 Å². The number of methoxy groups -OCH3 is 1. The summed E-state index contributed by atoms with van der Waals surface area (Å²) >= 11 is 0. The van der Waals surface area contributed by atoms with Crippen LogP contribution in [0.4, 0.5) is 5.82 Å². The van der Waals surface area contributed by atoms with E-state index in [1.807, 2.05) is 24.5 Å². The van der Waals surface area contributed by atoms with Gasteiger partial charge in [0.25, 0.3) is 0 Å². The quantitative estimate of drug-likeness (QED) is 0.225. The van der Waals surface area contributed by atoms with Crippen LogP contribution in [0.1, 0.15) is 56.9 Å². The van der Waals surface area contributed by atoms with Crippen molar-refractivity contribution >= 4 is 28.7 Å². The number of anilines is 1. The molecule has 4 heterocycles. The molecule has 0 bridgehead atoms. The number of aromatic nitrogens is 3. The summed E-state index contributed by atoms with van der Waals surface area (Å²) in [6.45, 7) is 12.5. The highest BCUT2D eigenvalue weighted by Gasteiger charge is 2.39. The first-order valence-electron chi connectivity index (χ1n) is 15.9. The topological polar surface area (TPSA) is 143 Å². The molecule has 0 aliphatic carbocycles. The number of hydrogen-bond donors (Lipinski definition) is 1. The number of piperazine rings is 1. The molecule has 240 valence electrons. The van der Waals surface area contributed by atoms with Crippen LogP contribution in [0.3, 0.4) is 0 Å². The van der Waals surface area contributed by atoms with Crippen LogP contribution in [0.2, 0.25) is 0 Å². The molecule has 2 fully saturated rings. The Balaban J connectivity index is 1.21. The third-order valence-corrected chi connectivity index (χ3v) is 8.88. The Kier molecular flexibility index (Phi) is 10.2. The van der Waals surface area contributed by atoms with E-state index in [2.05, 4.69) is 44.9 Å². The highest BCUT2D eigenvalue weighted by molar-refractivity contribution is 6.03. The Morgan fingerprint density at radius 3 is 2.49 bits per heavy atom. The summed E-state index contributed by atoms with van der Waals surface area (Å²) in [7, 11) is 1.65. The zero-order valence-electron chi connectivity index (χ0n) is 26.8.